The van der Waals surface area contributed by atoms with Gasteiger partial charge in [-0.1, -0.05) is 12.1 Å². The number of imide groups is 1. The fourth-order valence-corrected chi connectivity index (χ4v) is 2.53. The summed E-state index contributed by atoms with van der Waals surface area (Å²) in [6.45, 7) is 1.01. The first-order valence-electron chi connectivity index (χ1n) is 7.92. The van der Waals surface area contributed by atoms with Gasteiger partial charge in [0, 0.05) is 0 Å². The molecule has 0 saturated carbocycles. The first-order chi connectivity index (χ1) is 12.5. The zero-order chi connectivity index (χ0) is 18.7. The van der Waals surface area contributed by atoms with Gasteiger partial charge in [-0.2, -0.15) is 0 Å². The third kappa shape index (κ3) is 3.49. The minimum Gasteiger partial charge on any atom is -0.467 e. The number of furan rings is 1. The number of amides is 3. The Labute approximate surface area is 148 Å². The van der Waals surface area contributed by atoms with Crippen molar-refractivity contribution in [1.29, 1.82) is 0 Å². The van der Waals surface area contributed by atoms with E-state index in [1.54, 1.807) is 24.3 Å². The molecule has 0 radical (unpaired) electrons. The van der Waals surface area contributed by atoms with Crippen LogP contribution in [-0.2, 0) is 20.9 Å². The van der Waals surface area contributed by atoms with Crippen molar-refractivity contribution >= 4 is 23.7 Å². The van der Waals surface area contributed by atoms with Crippen molar-refractivity contribution < 1.29 is 28.3 Å². The molecule has 1 aromatic carbocycles. The number of hydrogen-bond acceptors (Lipinski definition) is 6. The van der Waals surface area contributed by atoms with Crippen LogP contribution in [0.4, 0.5) is 0 Å². The lowest BCUT2D eigenvalue weighted by Gasteiger charge is -2.16. The summed E-state index contributed by atoms with van der Waals surface area (Å²) >= 11 is 0. The summed E-state index contributed by atoms with van der Waals surface area (Å²) in [5.74, 6) is -1.92. The van der Waals surface area contributed by atoms with Gasteiger partial charge >= 0.3 is 5.97 Å². The van der Waals surface area contributed by atoms with Crippen LogP contribution in [-0.4, -0.2) is 41.2 Å². The minimum absolute atomic E-state index is 0.159. The Balaban J connectivity index is 1.53. The maximum Gasteiger partial charge on any atom is 0.326 e. The highest BCUT2D eigenvalue weighted by molar-refractivity contribution is 6.22. The molecule has 1 aliphatic rings. The number of fused-ring (bicyclic) bond motifs is 1. The molecular formula is C18H16N2O6. The normalized spacial score (nSPS) is 14.1. The Kier molecular flexibility index (Phi) is 4.83. The van der Waals surface area contributed by atoms with Crippen LogP contribution in [0.3, 0.4) is 0 Å². The second-order valence-corrected chi connectivity index (χ2v) is 5.67. The first kappa shape index (κ1) is 17.4. The number of carbonyl (C=O) groups is 4. The highest BCUT2D eigenvalue weighted by Gasteiger charge is 2.37. The number of esters is 1. The smallest absolute Gasteiger partial charge is 0.326 e. The highest BCUT2D eigenvalue weighted by Crippen LogP contribution is 2.22. The number of nitrogens with one attached hydrogen (secondary N) is 1. The van der Waals surface area contributed by atoms with Crippen LogP contribution in [0.25, 0.3) is 0 Å². The lowest BCUT2D eigenvalue weighted by molar-refractivity contribution is -0.155. The molecule has 1 aliphatic heterocycles. The maximum absolute atomic E-state index is 12.2. The summed E-state index contributed by atoms with van der Waals surface area (Å²) in [6.07, 6.45) is 0.403. The van der Waals surface area contributed by atoms with Crippen LogP contribution in [0.2, 0.25) is 0 Å². The zero-order valence-electron chi connectivity index (χ0n) is 13.9. The summed E-state index contributed by atoms with van der Waals surface area (Å²) in [5, 5.41) is 2.56. The maximum atomic E-state index is 12.2. The fraction of sp³-hybridized carbons (Fsp3) is 0.222. The van der Waals surface area contributed by atoms with Gasteiger partial charge in [0.25, 0.3) is 17.7 Å². The van der Waals surface area contributed by atoms with E-state index in [0.29, 0.717) is 5.76 Å². The molecule has 26 heavy (non-hydrogen) atoms. The van der Waals surface area contributed by atoms with Gasteiger partial charge < -0.3 is 14.5 Å². The largest absolute Gasteiger partial charge is 0.467 e. The third-order valence-electron chi connectivity index (χ3n) is 3.86. The number of benzene rings is 1. The quantitative estimate of drug-likeness (QED) is 0.614. The highest BCUT2D eigenvalue weighted by atomic mass is 16.5. The SMILES string of the molecule is C[C@@H](OC(=O)CN1C(=O)c2ccccc2C1=O)C(=O)NCc1ccco1. The van der Waals surface area contributed by atoms with Crippen LogP contribution >= 0.6 is 0 Å². The monoisotopic (exact) mass is 356 g/mol. The zero-order valence-corrected chi connectivity index (χ0v) is 13.9. The van der Waals surface area contributed by atoms with E-state index >= 15 is 0 Å². The molecule has 0 unspecified atom stereocenters. The van der Waals surface area contributed by atoms with E-state index in [9.17, 15) is 19.2 Å². The van der Waals surface area contributed by atoms with Crippen LogP contribution in [0, 0.1) is 0 Å². The summed E-state index contributed by atoms with van der Waals surface area (Å²) in [7, 11) is 0. The van der Waals surface area contributed by atoms with Crippen molar-refractivity contribution in [1.82, 2.24) is 10.2 Å². The van der Waals surface area contributed by atoms with Crippen molar-refractivity contribution in [3.8, 4) is 0 Å². The molecule has 0 aliphatic carbocycles. The molecule has 8 nitrogen and oxygen atoms in total. The lowest BCUT2D eigenvalue weighted by Crippen LogP contribution is -2.40. The second-order valence-electron chi connectivity index (χ2n) is 5.67. The van der Waals surface area contributed by atoms with Crippen molar-refractivity contribution in [2.24, 2.45) is 0 Å². The minimum atomic E-state index is -1.08. The number of rotatable bonds is 6. The third-order valence-corrected chi connectivity index (χ3v) is 3.86. The number of carbonyl (C=O) groups excluding carboxylic acids is 4. The van der Waals surface area contributed by atoms with Crippen molar-refractivity contribution in [2.45, 2.75) is 19.6 Å². The summed E-state index contributed by atoms with van der Waals surface area (Å²) < 4.78 is 10.1. The van der Waals surface area contributed by atoms with Gasteiger partial charge in [-0.15, -0.1) is 0 Å². The van der Waals surface area contributed by atoms with E-state index < -0.39 is 36.3 Å². The van der Waals surface area contributed by atoms with Crippen LogP contribution in [0.5, 0.6) is 0 Å². The topological polar surface area (TPSA) is 106 Å². The van der Waals surface area contributed by atoms with Crippen molar-refractivity contribution in [3.63, 3.8) is 0 Å². The van der Waals surface area contributed by atoms with Gasteiger partial charge in [-0.25, -0.2) is 0 Å². The molecule has 8 heteroatoms. The molecule has 1 atom stereocenters. The van der Waals surface area contributed by atoms with Gasteiger partial charge in [0.05, 0.1) is 23.9 Å². The molecule has 1 aromatic heterocycles. The molecule has 0 saturated heterocycles. The van der Waals surface area contributed by atoms with E-state index in [1.165, 1.54) is 25.3 Å². The van der Waals surface area contributed by atoms with Gasteiger partial charge in [0.2, 0.25) is 0 Å². The second kappa shape index (κ2) is 7.22. The molecule has 1 N–H and O–H groups in total. The van der Waals surface area contributed by atoms with Crippen molar-refractivity contribution in [3.05, 3.63) is 59.5 Å². The van der Waals surface area contributed by atoms with Gasteiger partial charge in [0.15, 0.2) is 6.10 Å². The Hall–Kier alpha value is -3.42. The number of hydrogen-bond donors (Lipinski definition) is 1. The van der Waals surface area contributed by atoms with Crippen LogP contribution in [0.1, 0.15) is 33.4 Å². The van der Waals surface area contributed by atoms with E-state index in [2.05, 4.69) is 5.32 Å². The average Bonchev–Trinajstić information content (AvgIpc) is 3.23. The predicted octanol–water partition coefficient (Wildman–Crippen LogP) is 1.12. The molecule has 0 spiro atoms. The molecule has 134 valence electrons. The molecule has 0 fully saturated rings. The average molecular weight is 356 g/mol. The fourth-order valence-electron chi connectivity index (χ4n) is 2.53. The standard InChI is InChI=1S/C18H16N2O6/c1-11(16(22)19-9-12-5-4-8-25-12)26-15(21)10-20-17(23)13-6-2-3-7-14(13)18(20)24/h2-8,11H,9-10H2,1H3,(H,19,22)/t11-/m1/s1. The first-order valence-corrected chi connectivity index (χ1v) is 7.92. The Bertz CT molecular complexity index is 823. The molecule has 3 amide bonds. The Morgan fingerprint density at radius 1 is 1.12 bits per heavy atom. The molecule has 0 bridgehead atoms. The number of ether oxygens (including phenoxy) is 1. The Morgan fingerprint density at radius 3 is 2.35 bits per heavy atom. The number of nitrogens with zero attached hydrogens (tertiary/aromatic N) is 1. The molecule has 3 rings (SSSR count). The van der Waals surface area contributed by atoms with Gasteiger partial charge in [-0.05, 0) is 31.2 Å². The van der Waals surface area contributed by atoms with E-state index in [-0.39, 0.29) is 17.7 Å². The Morgan fingerprint density at radius 2 is 1.77 bits per heavy atom. The van der Waals surface area contributed by atoms with Crippen molar-refractivity contribution in [2.75, 3.05) is 6.54 Å². The van der Waals surface area contributed by atoms with E-state index in [4.69, 9.17) is 9.15 Å². The molecular weight excluding hydrogens is 340 g/mol. The van der Waals surface area contributed by atoms with Crippen LogP contribution < -0.4 is 5.32 Å². The van der Waals surface area contributed by atoms with Gasteiger partial charge in [-0.3, -0.25) is 24.1 Å². The van der Waals surface area contributed by atoms with E-state index in [0.717, 1.165) is 4.90 Å². The summed E-state index contributed by atoms with van der Waals surface area (Å²) in [5.41, 5.74) is 0.490. The summed E-state index contributed by atoms with van der Waals surface area (Å²) in [6, 6.07) is 9.69. The van der Waals surface area contributed by atoms with E-state index in [1.807, 2.05) is 0 Å². The predicted molar refractivity (Wildman–Crippen MR) is 87.9 cm³/mol. The lowest BCUT2D eigenvalue weighted by atomic mass is 10.1. The summed E-state index contributed by atoms with van der Waals surface area (Å²) in [4.78, 5) is 49.2. The molecule has 2 heterocycles. The molecule has 2 aromatic rings. The van der Waals surface area contributed by atoms with Gasteiger partial charge in [0.1, 0.15) is 12.3 Å². The van der Waals surface area contributed by atoms with Crippen LogP contribution in [0.15, 0.2) is 47.1 Å².